The van der Waals surface area contributed by atoms with Gasteiger partial charge in [0.1, 0.15) is 12.2 Å². The number of aromatic hydroxyl groups is 1. The van der Waals surface area contributed by atoms with Gasteiger partial charge >= 0.3 is 0 Å². The van der Waals surface area contributed by atoms with Crippen molar-refractivity contribution in [3.8, 4) is 5.88 Å². The summed E-state index contributed by atoms with van der Waals surface area (Å²) in [5, 5.41) is 27.1. The van der Waals surface area contributed by atoms with Crippen molar-refractivity contribution in [3.05, 3.63) is 70.5 Å². The third kappa shape index (κ3) is 4.52. The van der Waals surface area contributed by atoms with Gasteiger partial charge in [0.15, 0.2) is 11.5 Å². The molecule has 0 aliphatic heterocycles. The lowest BCUT2D eigenvalue weighted by Gasteiger charge is -2.04. The maximum Gasteiger partial charge on any atom is 0.221 e. The fourth-order valence-corrected chi connectivity index (χ4v) is 3.46. The molecule has 2 heterocycles. The summed E-state index contributed by atoms with van der Waals surface area (Å²) in [5.41, 5.74) is 7.54. The van der Waals surface area contributed by atoms with E-state index in [2.05, 4.69) is 36.5 Å². The van der Waals surface area contributed by atoms with Crippen LogP contribution in [0.4, 0.5) is 5.69 Å². The number of carbonyl (C=O) groups excluding carboxylic acids is 1. The zero-order valence-corrected chi connectivity index (χ0v) is 18.4. The van der Waals surface area contributed by atoms with E-state index in [-0.39, 0.29) is 35.6 Å². The fourth-order valence-electron chi connectivity index (χ4n) is 3.15. The predicted octanol–water partition coefficient (Wildman–Crippen LogP) is 3.96. The standard InChI is InChI=1S/C20H16BrN7O2S/c21-13-7-5-12(6-8-13)17(29)11-27-9-14(23-26-27)10-28-16-4-2-1-3-15(16)18(19(28)30)24-25-20(22)31/h1-9,30H,10-11H2,(H2,22,31). The first-order valence-electron chi connectivity index (χ1n) is 9.11. The topological polar surface area (TPSA) is 124 Å². The summed E-state index contributed by atoms with van der Waals surface area (Å²) < 4.78 is 4.00. The molecule has 0 atom stereocenters. The van der Waals surface area contributed by atoms with E-state index in [0.717, 1.165) is 9.99 Å². The van der Waals surface area contributed by atoms with Gasteiger partial charge in [-0.2, -0.15) is 0 Å². The Morgan fingerprint density at radius 2 is 1.94 bits per heavy atom. The van der Waals surface area contributed by atoms with Gasteiger partial charge in [0.25, 0.3) is 0 Å². The van der Waals surface area contributed by atoms with Crippen LogP contribution in [0, 0.1) is 0 Å². The number of fused-ring (bicyclic) bond motifs is 1. The van der Waals surface area contributed by atoms with Crippen LogP contribution < -0.4 is 5.73 Å². The molecule has 9 nitrogen and oxygen atoms in total. The minimum Gasteiger partial charge on any atom is -0.493 e. The Morgan fingerprint density at radius 1 is 1.19 bits per heavy atom. The van der Waals surface area contributed by atoms with Crippen LogP contribution in [-0.4, -0.2) is 35.6 Å². The number of para-hydroxylation sites is 1. The summed E-state index contributed by atoms with van der Waals surface area (Å²) in [6.07, 6.45) is 1.67. The number of hydrogen-bond donors (Lipinski definition) is 2. The molecule has 2 aromatic heterocycles. The number of halogens is 1. The third-order valence-electron chi connectivity index (χ3n) is 4.54. The maximum absolute atomic E-state index is 12.5. The third-order valence-corrected chi connectivity index (χ3v) is 5.15. The Labute approximate surface area is 190 Å². The highest BCUT2D eigenvalue weighted by molar-refractivity contribution is 9.10. The second-order valence-corrected chi connectivity index (χ2v) is 7.99. The van der Waals surface area contributed by atoms with Crippen LogP contribution >= 0.6 is 28.1 Å². The molecule has 0 fully saturated rings. The van der Waals surface area contributed by atoms with Crippen molar-refractivity contribution in [3.63, 3.8) is 0 Å². The molecule has 0 amide bonds. The molecule has 4 aromatic rings. The van der Waals surface area contributed by atoms with Gasteiger partial charge in [0, 0.05) is 15.4 Å². The van der Waals surface area contributed by atoms with Crippen LogP contribution in [0.25, 0.3) is 10.9 Å². The van der Waals surface area contributed by atoms with E-state index >= 15 is 0 Å². The van der Waals surface area contributed by atoms with Crippen LogP contribution in [0.1, 0.15) is 16.1 Å². The lowest BCUT2D eigenvalue weighted by molar-refractivity contribution is 0.0967. The molecule has 0 aliphatic carbocycles. The minimum absolute atomic E-state index is 0.0560. The lowest BCUT2D eigenvalue weighted by atomic mass is 10.1. The highest BCUT2D eigenvalue weighted by atomic mass is 79.9. The first-order chi connectivity index (χ1) is 14.9. The van der Waals surface area contributed by atoms with Gasteiger partial charge in [-0.15, -0.1) is 15.3 Å². The second-order valence-electron chi connectivity index (χ2n) is 6.65. The number of rotatable bonds is 6. The summed E-state index contributed by atoms with van der Waals surface area (Å²) in [5.74, 6) is -0.180. The van der Waals surface area contributed by atoms with E-state index in [4.69, 9.17) is 18.0 Å². The van der Waals surface area contributed by atoms with E-state index in [1.165, 1.54) is 4.68 Å². The van der Waals surface area contributed by atoms with E-state index < -0.39 is 0 Å². The molecule has 31 heavy (non-hydrogen) atoms. The van der Waals surface area contributed by atoms with Gasteiger partial charge in [-0.25, -0.2) is 4.68 Å². The number of nitrogens with zero attached hydrogens (tertiary/aromatic N) is 6. The SMILES string of the molecule is NC(=S)N=Nc1c(O)n(Cc2cn(CC(=O)c3ccc(Br)cc3)nn2)c2ccccc12. The molecule has 0 unspecified atom stereocenters. The molecule has 4 rings (SSSR count). The first kappa shape index (κ1) is 20.8. The van der Waals surface area contributed by atoms with E-state index in [9.17, 15) is 9.90 Å². The summed E-state index contributed by atoms with van der Waals surface area (Å²) >= 11 is 8.08. The molecule has 11 heteroatoms. The van der Waals surface area contributed by atoms with E-state index in [0.29, 0.717) is 16.6 Å². The van der Waals surface area contributed by atoms with Crippen molar-refractivity contribution in [1.29, 1.82) is 0 Å². The van der Waals surface area contributed by atoms with Crippen molar-refractivity contribution in [1.82, 2.24) is 19.6 Å². The van der Waals surface area contributed by atoms with Gasteiger partial charge in [0.2, 0.25) is 11.0 Å². The van der Waals surface area contributed by atoms with Crippen LogP contribution in [0.15, 0.2) is 69.4 Å². The highest BCUT2D eigenvalue weighted by Gasteiger charge is 2.18. The van der Waals surface area contributed by atoms with Crippen LogP contribution in [0.3, 0.4) is 0 Å². The van der Waals surface area contributed by atoms with Crippen LogP contribution in [-0.2, 0) is 13.1 Å². The predicted molar refractivity (Wildman–Crippen MR) is 123 cm³/mol. The molecular formula is C20H16BrN7O2S. The van der Waals surface area contributed by atoms with Crippen LogP contribution in [0.2, 0.25) is 0 Å². The van der Waals surface area contributed by atoms with Crippen molar-refractivity contribution in [2.24, 2.45) is 16.0 Å². The largest absolute Gasteiger partial charge is 0.493 e. The summed E-state index contributed by atoms with van der Waals surface area (Å²) in [4.78, 5) is 12.5. The summed E-state index contributed by atoms with van der Waals surface area (Å²) in [6, 6.07) is 14.5. The molecule has 0 saturated heterocycles. The highest BCUT2D eigenvalue weighted by Crippen LogP contribution is 2.39. The molecule has 0 bridgehead atoms. The number of hydrogen-bond acceptors (Lipinski definition) is 6. The first-order valence-corrected chi connectivity index (χ1v) is 10.3. The Morgan fingerprint density at radius 3 is 2.68 bits per heavy atom. The second kappa shape index (κ2) is 8.74. The molecular weight excluding hydrogens is 482 g/mol. The van der Waals surface area contributed by atoms with Crippen molar-refractivity contribution >= 4 is 55.6 Å². The average Bonchev–Trinajstić information content (AvgIpc) is 3.29. The summed E-state index contributed by atoms with van der Waals surface area (Å²) in [6.45, 7) is 0.280. The van der Waals surface area contributed by atoms with Crippen molar-refractivity contribution < 1.29 is 9.90 Å². The molecule has 0 saturated carbocycles. The molecule has 3 N–H and O–H groups in total. The average molecular weight is 498 g/mol. The number of nitrogens with two attached hydrogens (primary N) is 1. The van der Waals surface area contributed by atoms with Crippen molar-refractivity contribution in [2.75, 3.05) is 0 Å². The zero-order chi connectivity index (χ0) is 22.0. The number of Topliss-reactive ketones (excluding diaryl/α,β-unsaturated/α-hetero) is 1. The number of aromatic nitrogens is 4. The number of thiocarbonyl (C=S) groups is 1. The molecule has 0 spiro atoms. The van der Waals surface area contributed by atoms with Gasteiger partial charge in [-0.1, -0.05) is 51.5 Å². The number of carbonyl (C=O) groups is 1. The smallest absolute Gasteiger partial charge is 0.221 e. The Hall–Kier alpha value is -3.44. The van der Waals surface area contributed by atoms with E-state index in [1.807, 2.05) is 36.4 Å². The minimum atomic E-state index is -0.130. The Kier molecular flexibility index (Phi) is 5.87. The molecule has 0 radical (unpaired) electrons. The van der Waals surface area contributed by atoms with Crippen LogP contribution in [0.5, 0.6) is 5.88 Å². The molecule has 156 valence electrons. The van der Waals surface area contributed by atoms with Crippen molar-refractivity contribution in [2.45, 2.75) is 13.1 Å². The molecule has 2 aromatic carbocycles. The van der Waals surface area contributed by atoms with Gasteiger partial charge in [-0.05, 0) is 30.4 Å². The quantitative estimate of drug-likeness (QED) is 0.236. The Bertz CT molecular complexity index is 1310. The number of benzene rings is 2. The zero-order valence-electron chi connectivity index (χ0n) is 16.0. The summed E-state index contributed by atoms with van der Waals surface area (Å²) in [7, 11) is 0. The van der Waals surface area contributed by atoms with Gasteiger partial charge in [0.05, 0.1) is 18.3 Å². The Balaban J connectivity index is 1.58. The maximum atomic E-state index is 12.5. The number of ketones is 1. The normalized spacial score (nSPS) is 11.4. The molecule has 0 aliphatic rings. The fraction of sp³-hybridized carbons (Fsp3) is 0.100. The van der Waals surface area contributed by atoms with Gasteiger partial charge < -0.3 is 15.4 Å². The lowest BCUT2D eigenvalue weighted by Crippen LogP contribution is -2.11. The number of azo groups is 1. The van der Waals surface area contributed by atoms with E-state index in [1.54, 1.807) is 22.9 Å². The van der Waals surface area contributed by atoms with Gasteiger partial charge in [-0.3, -0.25) is 4.79 Å². The monoisotopic (exact) mass is 497 g/mol.